The molecule has 2 aromatic heterocycles. The Labute approximate surface area is 120 Å². The van der Waals surface area contributed by atoms with Gasteiger partial charge in [0.15, 0.2) is 11.5 Å². The molecular weight excluding hydrogens is 276 g/mol. The largest absolute Gasteiger partial charge is 0.476 e. The molecule has 0 saturated heterocycles. The molecule has 2 N–H and O–H groups in total. The molecule has 0 aromatic carbocycles. The lowest BCUT2D eigenvalue weighted by Gasteiger charge is -2.06. The summed E-state index contributed by atoms with van der Waals surface area (Å²) in [7, 11) is 0. The number of anilines is 1. The average Bonchev–Trinajstić information content (AvgIpc) is 2.88. The van der Waals surface area contributed by atoms with Crippen molar-refractivity contribution in [2.24, 2.45) is 0 Å². The Balaban J connectivity index is 1.94. The van der Waals surface area contributed by atoms with Crippen molar-refractivity contribution >= 4 is 23.1 Å². The van der Waals surface area contributed by atoms with Gasteiger partial charge >= 0.3 is 5.97 Å². The summed E-state index contributed by atoms with van der Waals surface area (Å²) < 4.78 is 0. The van der Waals surface area contributed by atoms with E-state index in [1.165, 1.54) is 12.4 Å². The lowest BCUT2D eigenvalue weighted by Crippen LogP contribution is -2.12. The highest BCUT2D eigenvalue weighted by Crippen LogP contribution is 2.18. The van der Waals surface area contributed by atoms with Crippen molar-refractivity contribution in [3.05, 3.63) is 34.2 Å². The fraction of sp³-hybridized carbons (Fsp3) is 0.385. The highest BCUT2D eigenvalue weighted by atomic mass is 32.1. The van der Waals surface area contributed by atoms with Crippen LogP contribution < -0.4 is 5.32 Å². The number of nitrogens with zero attached hydrogens (tertiary/aromatic N) is 3. The minimum absolute atomic E-state index is 0.0606. The van der Waals surface area contributed by atoms with Gasteiger partial charge in [0.25, 0.3) is 0 Å². The molecule has 0 atom stereocenters. The number of aromatic carboxylic acids is 1. The number of thiazole rings is 1. The molecule has 0 fully saturated rings. The third kappa shape index (κ3) is 3.51. The average molecular weight is 292 g/mol. The maximum absolute atomic E-state index is 11.0. The van der Waals surface area contributed by atoms with E-state index in [0.29, 0.717) is 18.3 Å². The van der Waals surface area contributed by atoms with Crippen LogP contribution in [0.15, 0.2) is 17.8 Å². The molecule has 6 nitrogen and oxygen atoms in total. The van der Waals surface area contributed by atoms with Crippen LogP contribution in [0, 0.1) is 0 Å². The molecule has 0 spiro atoms. The van der Waals surface area contributed by atoms with Crippen LogP contribution in [0.3, 0.4) is 0 Å². The first-order chi connectivity index (χ1) is 9.58. The van der Waals surface area contributed by atoms with Crippen molar-refractivity contribution in [2.45, 2.75) is 26.2 Å². The number of carboxylic acids is 1. The number of carbonyl (C=O) groups is 1. The Hall–Kier alpha value is -2.02. The summed E-state index contributed by atoms with van der Waals surface area (Å²) in [5.41, 5.74) is 1.03. The van der Waals surface area contributed by atoms with Crippen LogP contribution in [0.2, 0.25) is 0 Å². The molecule has 2 rings (SSSR count). The van der Waals surface area contributed by atoms with Gasteiger partial charge in [-0.1, -0.05) is 13.8 Å². The van der Waals surface area contributed by atoms with Gasteiger partial charge in [-0.05, 0) is 5.92 Å². The fourth-order valence-corrected chi connectivity index (χ4v) is 2.58. The zero-order chi connectivity index (χ0) is 14.5. The van der Waals surface area contributed by atoms with Crippen LogP contribution >= 0.6 is 11.3 Å². The van der Waals surface area contributed by atoms with Gasteiger partial charge in [-0.2, -0.15) is 0 Å². The van der Waals surface area contributed by atoms with Crippen molar-refractivity contribution in [3.63, 3.8) is 0 Å². The molecule has 0 aliphatic carbocycles. The number of carboxylic acid groups (broad SMARTS) is 1. The van der Waals surface area contributed by atoms with Gasteiger partial charge in [-0.3, -0.25) is 0 Å². The summed E-state index contributed by atoms with van der Waals surface area (Å²) in [6, 6.07) is 0. The molecule has 0 unspecified atom stereocenters. The zero-order valence-electron chi connectivity index (χ0n) is 11.3. The molecule has 7 heteroatoms. The van der Waals surface area contributed by atoms with E-state index in [0.717, 1.165) is 17.1 Å². The maximum atomic E-state index is 11.0. The van der Waals surface area contributed by atoms with Crippen molar-refractivity contribution < 1.29 is 9.90 Å². The van der Waals surface area contributed by atoms with Crippen LogP contribution in [0.5, 0.6) is 0 Å². The Morgan fingerprint density at radius 3 is 2.80 bits per heavy atom. The first-order valence-electron chi connectivity index (χ1n) is 6.30. The summed E-state index contributed by atoms with van der Waals surface area (Å²) in [5, 5.41) is 15.1. The number of rotatable bonds is 6. The Bertz CT molecular complexity index is 598. The second kappa shape index (κ2) is 6.42. The molecule has 106 valence electrons. The Morgan fingerprint density at radius 1 is 1.40 bits per heavy atom. The minimum atomic E-state index is -1.09. The lowest BCUT2D eigenvalue weighted by atomic mass is 10.2. The van der Waals surface area contributed by atoms with Crippen molar-refractivity contribution in [1.82, 2.24) is 15.0 Å². The highest BCUT2D eigenvalue weighted by Gasteiger charge is 2.12. The summed E-state index contributed by atoms with van der Waals surface area (Å²) in [4.78, 5) is 23.3. The van der Waals surface area contributed by atoms with Gasteiger partial charge in [-0.15, -0.1) is 11.3 Å². The van der Waals surface area contributed by atoms with Gasteiger partial charge < -0.3 is 10.4 Å². The Kier molecular flexibility index (Phi) is 4.62. The van der Waals surface area contributed by atoms with E-state index in [2.05, 4.69) is 39.5 Å². The number of nitrogens with one attached hydrogen (secondary N) is 1. The minimum Gasteiger partial charge on any atom is -0.476 e. The van der Waals surface area contributed by atoms with Crippen LogP contribution in [0.25, 0.3) is 0 Å². The number of hydrogen-bond acceptors (Lipinski definition) is 6. The van der Waals surface area contributed by atoms with Crippen LogP contribution in [-0.4, -0.2) is 32.6 Å². The second-order valence-corrected chi connectivity index (χ2v) is 5.50. The SMILES string of the molecule is CC(C)c1csc(CCNc2nccnc2C(=O)O)n1. The number of aromatic nitrogens is 3. The summed E-state index contributed by atoms with van der Waals surface area (Å²) in [6.07, 6.45) is 3.56. The van der Waals surface area contributed by atoms with E-state index in [9.17, 15) is 4.79 Å². The van der Waals surface area contributed by atoms with Crippen LogP contribution in [0.1, 0.15) is 41.0 Å². The highest BCUT2D eigenvalue weighted by molar-refractivity contribution is 7.09. The van der Waals surface area contributed by atoms with Gasteiger partial charge in [0.05, 0.1) is 10.7 Å². The van der Waals surface area contributed by atoms with E-state index >= 15 is 0 Å². The normalized spacial score (nSPS) is 10.8. The van der Waals surface area contributed by atoms with Crippen molar-refractivity contribution in [1.29, 1.82) is 0 Å². The van der Waals surface area contributed by atoms with Gasteiger partial charge in [0, 0.05) is 30.7 Å². The molecule has 0 bridgehead atoms. The standard InChI is InChI=1S/C13H16N4O2S/c1-8(2)9-7-20-10(17-9)3-4-15-12-11(13(18)19)14-5-6-16-12/h5-8H,3-4H2,1-2H3,(H,15,16)(H,18,19). The van der Waals surface area contributed by atoms with Gasteiger partial charge in [0.2, 0.25) is 0 Å². The van der Waals surface area contributed by atoms with E-state index in [4.69, 9.17) is 5.11 Å². The molecule has 0 amide bonds. The maximum Gasteiger partial charge on any atom is 0.358 e. The Morgan fingerprint density at radius 2 is 2.15 bits per heavy atom. The van der Waals surface area contributed by atoms with Crippen molar-refractivity contribution in [2.75, 3.05) is 11.9 Å². The van der Waals surface area contributed by atoms with E-state index in [1.54, 1.807) is 11.3 Å². The topological polar surface area (TPSA) is 88.0 Å². The smallest absolute Gasteiger partial charge is 0.358 e. The molecule has 0 saturated carbocycles. The monoisotopic (exact) mass is 292 g/mol. The zero-order valence-corrected chi connectivity index (χ0v) is 12.1. The molecule has 2 aromatic rings. The van der Waals surface area contributed by atoms with Crippen molar-refractivity contribution in [3.8, 4) is 0 Å². The molecule has 0 radical (unpaired) electrons. The number of hydrogen-bond donors (Lipinski definition) is 2. The first kappa shape index (κ1) is 14.4. The van der Waals surface area contributed by atoms with E-state index in [-0.39, 0.29) is 5.69 Å². The molecule has 0 aliphatic rings. The quantitative estimate of drug-likeness (QED) is 0.850. The van der Waals surface area contributed by atoms with E-state index in [1.807, 2.05) is 0 Å². The van der Waals surface area contributed by atoms with Gasteiger partial charge in [0.1, 0.15) is 0 Å². The molecule has 2 heterocycles. The van der Waals surface area contributed by atoms with Gasteiger partial charge in [-0.25, -0.2) is 19.7 Å². The first-order valence-corrected chi connectivity index (χ1v) is 7.18. The second-order valence-electron chi connectivity index (χ2n) is 4.56. The fourth-order valence-electron chi connectivity index (χ4n) is 1.62. The van der Waals surface area contributed by atoms with E-state index < -0.39 is 5.97 Å². The predicted molar refractivity (Wildman–Crippen MR) is 77.4 cm³/mol. The summed E-state index contributed by atoms with van der Waals surface area (Å²) in [6.45, 7) is 4.79. The predicted octanol–water partition coefficient (Wildman–Crippen LogP) is 2.41. The third-order valence-electron chi connectivity index (χ3n) is 2.69. The lowest BCUT2D eigenvalue weighted by molar-refractivity contribution is 0.0691. The molecule has 0 aliphatic heterocycles. The van der Waals surface area contributed by atoms with Crippen LogP contribution in [0.4, 0.5) is 5.82 Å². The summed E-state index contributed by atoms with van der Waals surface area (Å²) >= 11 is 1.62. The molecule has 20 heavy (non-hydrogen) atoms. The summed E-state index contributed by atoms with van der Waals surface area (Å²) in [5.74, 6) is -0.371. The molecular formula is C13H16N4O2S. The van der Waals surface area contributed by atoms with Crippen LogP contribution in [-0.2, 0) is 6.42 Å². The third-order valence-corrected chi connectivity index (χ3v) is 3.62.